The lowest BCUT2D eigenvalue weighted by Crippen LogP contribution is -2.44. The van der Waals surface area contributed by atoms with E-state index < -0.39 is 0 Å². The van der Waals surface area contributed by atoms with Crippen molar-refractivity contribution in [3.63, 3.8) is 0 Å². The van der Waals surface area contributed by atoms with E-state index in [-0.39, 0.29) is 0 Å². The molecule has 1 atom stereocenters. The number of aromatic nitrogens is 2. The van der Waals surface area contributed by atoms with Gasteiger partial charge in [0.15, 0.2) is 5.82 Å². The van der Waals surface area contributed by atoms with Gasteiger partial charge in [0.2, 0.25) is 6.39 Å². The Labute approximate surface area is 89.8 Å². The summed E-state index contributed by atoms with van der Waals surface area (Å²) < 4.78 is 4.75. The molecule has 2 rings (SSSR count). The van der Waals surface area contributed by atoms with E-state index in [0.29, 0.717) is 6.04 Å². The van der Waals surface area contributed by atoms with Crippen LogP contribution < -0.4 is 5.32 Å². The Hall–Kier alpha value is -0.940. The number of likely N-dealkylation sites (tertiary alicyclic amines) is 1. The number of likely N-dealkylation sites (N-methyl/N-ethyl adjacent to an activating group) is 1. The maximum Gasteiger partial charge on any atom is 0.213 e. The molecule has 0 bridgehead atoms. The van der Waals surface area contributed by atoms with Crippen molar-refractivity contribution in [2.45, 2.75) is 31.8 Å². The SMILES string of the molecule is CNCC1CCCCN1Cc1ncon1. The summed E-state index contributed by atoms with van der Waals surface area (Å²) in [5.74, 6) is 0.790. The van der Waals surface area contributed by atoms with Gasteiger partial charge in [0.05, 0.1) is 6.54 Å². The molecule has 1 unspecified atom stereocenters. The standard InChI is InChI=1S/C10H18N4O/c1-11-6-9-4-2-3-5-14(9)7-10-12-8-15-13-10/h8-9,11H,2-7H2,1H3. The number of nitrogens with zero attached hydrogens (tertiary/aromatic N) is 3. The van der Waals surface area contributed by atoms with Crippen molar-refractivity contribution < 1.29 is 4.52 Å². The van der Waals surface area contributed by atoms with Crippen molar-refractivity contribution in [2.24, 2.45) is 0 Å². The van der Waals surface area contributed by atoms with Crippen molar-refractivity contribution in [1.29, 1.82) is 0 Å². The Morgan fingerprint density at radius 1 is 1.60 bits per heavy atom. The van der Waals surface area contributed by atoms with Crippen LogP contribution >= 0.6 is 0 Å². The molecular weight excluding hydrogens is 192 g/mol. The quantitative estimate of drug-likeness (QED) is 0.790. The lowest BCUT2D eigenvalue weighted by Gasteiger charge is -2.34. The highest BCUT2D eigenvalue weighted by atomic mass is 16.5. The maximum absolute atomic E-state index is 4.75. The first-order chi connectivity index (χ1) is 7.40. The summed E-state index contributed by atoms with van der Waals surface area (Å²) in [6.45, 7) is 2.99. The van der Waals surface area contributed by atoms with Crippen LogP contribution in [0, 0.1) is 0 Å². The highest BCUT2D eigenvalue weighted by Crippen LogP contribution is 2.17. The molecule has 0 saturated carbocycles. The Bertz CT molecular complexity index is 273. The molecule has 1 saturated heterocycles. The van der Waals surface area contributed by atoms with Crippen LogP contribution in [-0.2, 0) is 6.54 Å². The molecule has 15 heavy (non-hydrogen) atoms. The zero-order chi connectivity index (χ0) is 10.5. The molecule has 1 aromatic heterocycles. The normalized spacial score (nSPS) is 23.1. The minimum atomic E-state index is 0.613. The van der Waals surface area contributed by atoms with Crippen LogP contribution in [-0.4, -0.2) is 41.2 Å². The molecule has 0 aliphatic carbocycles. The second-order valence-electron chi connectivity index (χ2n) is 4.03. The van der Waals surface area contributed by atoms with Crippen LogP contribution in [0.5, 0.6) is 0 Å². The smallest absolute Gasteiger partial charge is 0.213 e. The highest BCUT2D eigenvalue weighted by molar-refractivity contribution is 4.84. The monoisotopic (exact) mass is 210 g/mol. The number of piperidine rings is 1. The molecular formula is C10H18N4O. The van der Waals surface area contributed by atoms with Gasteiger partial charge in [-0.3, -0.25) is 4.90 Å². The first-order valence-corrected chi connectivity index (χ1v) is 5.54. The molecule has 5 heteroatoms. The van der Waals surface area contributed by atoms with Gasteiger partial charge in [0.25, 0.3) is 0 Å². The summed E-state index contributed by atoms with van der Waals surface area (Å²) in [5.41, 5.74) is 0. The van der Waals surface area contributed by atoms with Crippen molar-refractivity contribution in [3.8, 4) is 0 Å². The van der Waals surface area contributed by atoms with Gasteiger partial charge >= 0.3 is 0 Å². The summed E-state index contributed by atoms with van der Waals surface area (Å²) in [6, 6.07) is 0.613. The van der Waals surface area contributed by atoms with Gasteiger partial charge in [-0.15, -0.1) is 0 Å². The predicted molar refractivity (Wildman–Crippen MR) is 56.3 cm³/mol. The Morgan fingerprint density at radius 2 is 2.53 bits per heavy atom. The number of nitrogens with one attached hydrogen (secondary N) is 1. The van der Waals surface area contributed by atoms with Crippen molar-refractivity contribution in [2.75, 3.05) is 20.1 Å². The van der Waals surface area contributed by atoms with Crippen molar-refractivity contribution >= 4 is 0 Å². The van der Waals surface area contributed by atoms with E-state index >= 15 is 0 Å². The molecule has 1 aliphatic rings. The van der Waals surface area contributed by atoms with Crippen LogP contribution in [0.2, 0.25) is 0 Å². The van der Waals surface area contributed by atoms with Crippen LogP contribution in [0.1, 0.15) is 25.1 Å². The molecule has 1 fully saturated rings. The minimum Gasteiger partial charge on any atom is -0.343 e. The van der Waals surface area contributed by atoms with E-state index in [1.165, 1.54) is 25.7 Å². The summed E-state index contributed by atoms with van der Waals surface area (Å²) in [5, 5.41) is 7.10. The molecule has 1 aromatic rings. The van der Waals surface area contributed by atoms with Gasteiger partial charge in [-0.1, -0.05) is 11.6 Å². The lowest BCUT2D eigenvalue weighted by atomic mass is 10.0. The lowest BCUT2D eigenvalue weighted by molar-refractivity contribution is 0.134. The van der Waals surface area contributed by atoms with E-state index in [2.05, 4.69) is 20.4 Å². The van der Waals surface area contributed by atoms with Crippen LogP contribution in [0.25, 0.3) is 0 Å². The molecule has 0 amide bonds. The molecule has 5 nitrogen and oxygen atoms in total. The Morgan fingerprint density at radius 3 is 3.27 bits per heavy atom. The number of rotatable bonds is 4. The third-order valence-corrected chi connectivity index (χ3v) is 2.94. The average Bonchev–Trinajstić information content (AvgIpc) is 2.74. The van der Waals surface area contributed by atoms with Gasteiger partial charge in [0, 0.05) is 12.6 Å². The van der Waals surface area contributed by atoms with Crippen LogP contribution in [0.3, 0.4) is 0 Å². The third kappa shape index (κ3) is 2.76. The van der Waals surface area contributed by atoms with Crippen LogP contribution in [0.4, 0.5) is 0 Å². The average molecular weight is 210 g/mol. The number of hydrogen-bond acceptors (Lipinski definition) is 5. The van der Waals surface area contributed by atoms with E-state index in [9.17, 15) is 0 Å². The maximum atomic E-state index is 4.75. The molecule has 1 aliphatic heterocycles. The molecule has 0 radical (unpaired) electrons. The van der Waals surface area contributed by atoms with Gasteiger partial charge in [-0.25, -0.2) is 0 Å². The van der Waals surface area contributed by atoms with Gasteiger partial charge in [0.1, 0.15) is 0 Å². The highest BCUT2D eigenvalue weighted by Gasteiger charge is 2.22. The number of hydrogen-bond donors (Lipinski definition) is 1. The second-order valence-corrected chi connectivity index (χ2v) is 4.03. The first kappa shape index (κ1) is 10.6. The molecule has 0 spiro atoms. The molecule has 1 N–H and O–H groups in total. The van der Waals surface area contributed by atoms with Crippen LogP contribution in [0.15, 0.2) is 10.9 Å². The van der Waals surface area contributed by atoms with E-state index in [4.69, 9.17) is 4.52 Å². The summed E-state index contributed by atoms with van der Waals surface area (Å²) in [6.07, 6.45) is 5.26. The van der Waals surface area contributed by atoms with E-state index in [1.807, 2.05) is 7.05 Å². The largest absolute Gasteiger partial charge is 0.343 e. The van der Waals surface area contributed by atoms with Gasteiger partial charge in [-0.05, 0) is 26.4 Å². The second kappa shape index (κ2) is 5.23. The van der Waals surface area contributed by atoms with E-state index in [0.717, 1.165) is 25.5 Å². The summed E-state index contributed by atoms with van der Waals surface area (Å²) in [4.78, 5) is 6.50. The predicted octanol–water partition coefficient (Wildman–Crippen LogP) is 0.643. The first-order valence-electron chi connectivity index (χ1n) is 5.54. The summed E-state index contributed by atoms with van der Waals surface area (Å²) in [7, 11) is 2.00. The zero-order valence-electron chi connectivity index (χ0n) is 9.15. The fourth-order valence-corrected chi connectivity index (χ4v) is 2.18. The topological polar surface area (TPSA) is 54.2 Å². The fraction of sp³-hybridized carbons (Fsp3) is 0.800. The fourth-order valence-electron chi connectivity index (χ4n) is 2.18. The Balaban J connectivity index is 1.92. The van der Waals surface area contributed by atoms with Crippen molar-refractivity contribution in [3.05, 3.63) is 12.2 Å². The third-order valence-electron chi connectivity index (χ3n) is 2.94. The molecule has 2 heterocycles. The Kier molecular flexibility index (Phi) is 3.69. The van der Waals surface area contributed by atoms with Crippen molar-refractivity contribution in [1.82, 2.24) is 20.4 Å². The van der Waals surface area contributed by atoms with E-state index in [1.54, 1.807) is 0 Å². The zero-order valence-corrected chi connectivity index (χ0v) is 9.15. The van der Waals surface area contributed by atoms with Gasteiger partial charge in [-0.2, -0.15) is 4.98 Å². The minimum absolute atomic E-state index is 0.613. The summed E-state index contributed by atoms with van der Waals surface area (Å²) >= 11 is 0. The van der Waals surface area contributed by atoms with Gasteiger partial charge < -0.3 is 9.84 Å². The molecule has 84 valence electrons. The molecule has 0 aromatic carbocycles.